The number of halogens is 2. The van der Waals surface area contributed by atoms with E-state index in [4.69, 9.17) is 16.3 Å². The molecule has 0 atom stereocenters. The average Bonchev–Trinajstić information content (AvgIpc) is 2.96. The quantitative estimate of drug-likeness (QED) is 0.655. The maximum Gasteiger partial charge on any atom is 0.338 e. The maximum absolute atomic E-state index is 14.1. The molecule has 0 spiro atoms. The van der Waals surface area contributed by atoms with Crippen molar-refractivity contribution in [2.45, 2.75) is 13.8 Å². The number of carbonyl (C=O) groups is 1. The molecule has 0 fully saturated rings. The second-order valence-electron chi connectivity index (χ2n) is 5.26. The van der Waals surface area contributed by atoms with Crippen molar-refractivity contribution in [1.82, 2.24) is 14.8 Å². The molecule has 3 rings (SSSR count). The highest BCUT2D eigenvalue weighted by Gasteiger charge is 2.17. The highest BCUT2D eigenvalue weighted by Crippen LogP contribution is 2.28. The van der Waals surface area contributed by atoms with Crippen LogP contribution in [0.15, 0.2) is 42.5 Å². The van der Waals surface area contributed by atoms with Crippen LogP contribution in [0, 0.1) is 12.7 Å². The molecular weight excluding hydrogens is 345 g/mol. The fourth-order valence-corrected chi connectivity index (χ4v) is 2.65. The molecule has 0 radical (unpaired) electrons. The smallest absolute Gasteiger partial charge is 0.338 e. The number of rotatable bonds is 4. The Hall–Kier alpha value is -2.73. The Kier molecular flexibility index (Phi) is 4.81. The summed E-state index contributed by atoms with van der Waals surface area (Å²) in [7, 11) is 0. The number of esters is 1. The lowest BCUT2D eigenvalue weighted by Crippen LogP contribution is -2.05. The lowest BCUT2D eigenvalue weighted by molar-refractivity contribution is 0.0526. The molecular formula is C18H15ClFN3O2. The Bertz CT molecular complexity index is 902. The molecule has 5 nitrogen and oxygen atoms in total. The monoisotopic (exact) mass is 359 g/mol. The molecule has 3 aromatic rings. The van der Waals surface area contributed by atoms with Gasteiger partial charge in [0.25, 0.3) is 0 Å². The molecule has 0 saturated heterocycles. The van der Waals surface area contributed by atoms with Gasteiger partial charge in [0.1, 0.15) is 11.6 Å². The second kappa shape index (κ2) is 7.03. The number of hydrogen-bond acceptors (Lipinski definition) is 4. The minimum Gasteiger partial charge on any atom is -0.462 e. The van der Waals surface area contributed by atoms with Crippen LogP contribution in [0.25, 0.3) is 17.1 Å². The van der Waals surface area contributed by atoms with Gasteiger partial charge in [-0.05, 0) is 50.2 Å². The minimum absolute atomic E-state index is 0.161. The summed E-state index contributed by atoms with van der Waals surface area (Å²) in [6.45, 7) is 3.82. The van der Waals surface area contributed by atoms with E-state index in [-0.39, 0.29) is 22.4 Å². The molecule has 1 heterocycles. The van der Waals surface area contributed by atoms with Crippen LogP contribution in [-0.2, 0) is 4.74 Å². The molecule has 0 bridgehead atoms. The molecule has 128 valence electrons. The number of aryl methyl sites for hydroxylation is 1. The summed E-state index contributed by atoms with van der Waals surface area (Å²) in [6.07, 6.45) is 0. The third kappa shape index (κ3) is 3.39. The molecule has 0 aliphatic heterocycles. The van der Waals surface area contributed by atoms with Crippen molar-refractivity contribution in [3.63, 3.8) is 0 Å². The Balaban J connectivity index is 1.97. The average molecular weight is 360 g/mol. The van der Waals surface area contributed by atoms with Gasteiger partial charge in [0.15, 0.2) is 5.82 Å². The predicted octanol–water partition coefficient (Wildman–Crippen LogP) is 4.21. The molecule has 1 aromatic heterocycles. The topological polar surface area (TPSA) is 57.0 Å². The predicted molar refractivity (Wildman–Crippen MR) is 92.5 cm³/mol. The molecule has 0 aliphatic rings. The SMILES string of the molecule is CCOC(=O)c1ccc(-n2nc(-c3c(F)cccc3Cl)nc2C)cc1. The van der Waals surface area contributed by atoms with Crippen molar-refractivity contribution in [1.29, 1.82) is 0 Å². The van der Waals surface area contributed by atoms with Crippen molar-refractivity contribution in [2.24, 2.45) is 0 Å². The minimum atomic E-state index is -0.484. The summed E-state index contributed by atoms with van der Waals surface area (Å²) in [5.74, 6) is -0.0984. The zero-order valence-corrected chi connectivity index (χ0v) is 14.4. The Morgan fingerprint density at radius 2 is 1.96 bits per heavy atom. The van der Waals surface area contributed by atoms with Crippen molar-refractivity contribution in [3.05, 3.63) is 64.7 Å². The first-order valence-electron chi connectivity index (χ1n) is 7.67. The molecule has 2 aromatic carbocycles. The van der Waals surface area contributed by atoms with Crippen LogP contribution in [0.3, 0.4) is 0 Å². The van der Waals surface area contributed by atoms with Crippen LogP contribution in [0.4, 0.5) is 4.39 Å². The zero-order chi connectivity index (χ0) is 18.0. The molecule has 7 heteroatoms. The summed E-state index contributed by atoms with van der Waals surface area (Å²) < 4.78 is 20.6. The number of ether oxygens (including phenoxy) is 1. The van der Waals surface area contributed by atoms with Gasteiger partial charge in [-0.3, -0.25) is 0 Å². The van der Waals surface area contributed by atoms with Crippen LogP contribution < -0.4 is 0 Å². The summed E-state index contributed by atoms with van der Waals surface area (Å²) in [6, 6.07) is 11.2. The number of aromatic nitrogens is 3. The second-order valence-corrected chi connectivity index (χ2v) is 5.67. The van der Waals surface area contributed by atoms with E-state index in [2.05, 4.69) is 10.1 Å². The van der Waals surface area contributed by atoms with Crippen molar-refractivity contribution >= 4 is 17.6 Å². The van der Waals surface area contributed by atoms with Gasteiger partial charge in [0.05, 0.1) is 28.4 Å². The molecule has 0 N–H and O–H groups in total. The molecule has 0 amide bonds. The van der Waals surface area contributed by atoms with Gasteiger partial charge < -0.3 is 4.74 Å². The molecule has 25 heavy (non-hydrogen) atoms. The van der Waals surface area contributed by atoms with E-state index in [9.17, 15) is 9.18 Å². The molecule has 0 unspecified atom stereocenters. The summed E-state index contributed by atoms with van der Waals surface area (Å²) in [4.78, 5) is 16.0. The first-order valence-corrected chi connectivity index (χ1v) is 8.04. The summed E-state index contributed by atoms with van der Waals surface area (Å²) >= 11 is 6.08. The standard InChI is InChI=1S/C18H15ClFN3O2/c1-3-25-18(24)12-7-9-13(10-8-12)23-11(2)21-17(22-23)16-14(19)5-4-6-15(16)20/h4-10H,3H2,1-2H3. The third-order valence-corrected chi connectivity index (χ3v) is 3.89. The van der Waals surface area contributed by atoms with Gasteiger partial charge in [-0.2, -0.15) is 0 Å². The van der Waals surface area contributed by atoms with Crippen LogP contribution in [0.5, 0.6) is 0 Å². The van der Waals surface area contributed by atoms with E-state index < -0.39 is 5.82 Å². The van der Waals surface area contributed by atoms with Crippen molar-refractivity contribution in [3.8, 4) is 17.1 Å². The normalized spacial score (nSPS) is 10.7. The highest BCUT2D eigenvalue weighted by atomic mass is 35.5. The molecule has 0 aliphatic carbocycles. The first kappa shape index (κ1) is 17.1. The van der Waals surface area contributed by atoms with E-state index in [0.29, 0.717) is 23.7 Å². The Morgan fingerprint density at radius 3 is 2.60 bits per heavy atom. The largest absolute Gasteiger partial charge is 0.462 e. The fraction of sp³-hybridized carbons (Fsp3) is 0.167. The lowest BCUT2D eigenvalue weighted by atomic mass is 10.2. The van der Waals surface area contributed by atoms with E-state index in [1.165, 1.54) is 12.1 Å². The highest BCUT2D eigenvalue weighted by molar-refractivity contribution is 6.33. The van der Waals surface area contributed by atoms with E-state index in [0.717, 1.165) is 0 Å². The van der Waals surface area contributed by atoms with Crippen LogP contribution in [0.1, 0.15) is 23.1 Å². The Labute approximate surface area is 149 Å². The number of benzene rings is 2. The maximum atomic E-state index is 14.1. The van der Waals surface area contributed by atoms with Gasteiger partial charge in [0.2, 0.25) is 0 Å². The fourth-order valence-electron chi connectivity index (χ4n) is 2.41. The van der Waals surface area contributed by atoms with Gasteiger partial charge in [-0.1, -0.05) is 17.7 Å². The van der Waals surface area contributed by atoms with E-state index >= 15 is 0 Å². The van der Waals surface area contributed by atoms with E-state index in [1.54, 1.807) is 48.9 Å². The van der Waals surface area contributed by atoms with Gasteiger partial charge >= 0.3 is 5.97 Å². The van der Waals surface area contributed by atoms with Crippen LogP contribution >= 0.6 is 11.6 Å². The van der Waals surface area contributed by atoms with Gasteiger partial charge in [-0.25, -0.2) is 18.9 Å². The Morgan fingerprint density at radius 1 is 1.24 bits per heavy atom. The number of nitrogens with zero attached hydrogens (tertiary/aromatic N) is 3. The first-order chi connectivity index (χ1) is 12.0. The lowest BCUT2D eigenvalue weighted by Gasteiger charge is -2.05. The zero-order valence-electron chi connectivity index (χ0n) is 13.7. The summed E-state index contributed by atoms with van der Waals surface area (Å²) in [5, 5.41) is 4.59. The van der Waals surface area contributed by atoms with Gasteiger partial charge in [-0.15, -0.1) is 5.10 Å². The van der Waals surface area contributed by atoms with Crippen LogP contribution in [0.2, 0.25) is 5.02 Å². The molecule has 0 saturated carbocycles. The number of carbonyl (C=O) groups excluding carboxylic acids is 1. The summed E-state index contributed by atoms with van der Waals surface area (Å²) in [5.41, 5.74) is 1.30. The third-order valence-electron chi connectivity index (χ3n) is 3.58. The van der Waals surface area contributed by atoms with Crippen molar-refractivity contribution < 1.29 is 13.9 Å². The van der Waals surface area contributed by atoms with E-state index in [1.807, 2.05) is 0 Å². The van der Waals surface area contributed by atoms with Crippen LogP contribution in [-0.4, -0.2) is 27.3 Å². The number of hydrogen-bond donors (Lipinski definition) is 0. The van der Waals surface area contributed by atoms with Gasteiger partial charge in [0, 0.05) is 0 Å². The van der Waals surface area contributed by atoms with Crippen molar-refractivity contribution in [2.75, 3.05) is 6.61 Å².